The number of benzene rings is 1. The fourth-order valence-corrected chi connectivity index (χ4v) is 2.30. The maximum absolute atomic E-state index is 6.35. The molecular formula is C13H20N2O. The van der Waals surface area contributed by atoms with Crippen LogP contribution in [0.1, 0.15) is 24.4 Å². The summed E-state index contributed by atoms with van der Waals surface area (Å²) in [7, 11) is 3.67. The maximum Gasteiger partial charge on any atom is 0.119 e. The summed E-state index contributed by atoms with van der Waals surface area (Å²) in [6, 6.07) is 8.19. The van der Waals surface area contributed by atoms with Crippen LogP contribution in [0.2, 0.25) is 0 Å². The maximum atomic E-state index is 6.35. The van der Waals surface area contributed by atoms with Crippen LogP contribution in [0.25, 0.3) is 0 Å². The van der Waals surface area contributed by atoms with Crippen LogP contribution in [-0.4, -0.2) is 20.7 Å². The molecule has 0 saturated heterocycles. The van der Waals surface area contributed by atoms with Gasteiger partial charge in [-0.2, -0.15) is 0 Å². The third-order valence-electron chi connectivity index (χ3n) is 3.53. The molecule has 3 N–H and O–H groups in total. The van der Waals surface area contributed by atoms with Crippen LogP contribution >= 0.6 is 0 Å². The fourth-order valence-electron chi connectivity index (χ4n) is 2.30. The van der Waals surface area contributed by atoms with Gasteiger partial charge in [0, 0.05) is 18.0 Å². The largest absolute Gasteiger partial charge is 0.497 e. The number of hydrogen-bond acceptors (Lipinski definition) is 3. The number of ether oxygens (including phenoxy) is 1. The number of methoxy groups -OCH3 is 1. The normalized spacial score (nSPS) is 19.2. The van der Waals surface area contributed by atoms with E-state index in [9.17, 15) is 0 Å². The molecule has 1 aromatic carbocycles. The van der Waals surface area contributed by atoms with E-state index in [1.54, 1.807) is 7.11 Å². The summed E-state index contributed by atoms with van der Waals surface area (Å²) in [6.07, 6.45) is 2.43. The Kier molecular flexibility index (Phi) is 3.17. The molecule has 0 radical (unpaired) electrons. The second-order valence-electron chi connectivity index (χ2n) is 4.65. The van der Waals surface area contributed by atoms with Gasteiger partial charge < -0.3 is 15.8 Å². The van der Waals surface area contributed by atoms with E-state index in [1.807, 2.05) is 25.2 Å². The van der Waals surface area contributed by atoms with Gasteiger partial charge in [0.05, 0.1) is 7.11 Å². The van der Waals surface area contributed by atoms with E-state index in [0.717, 1.165) is 12.3 Å². The van der Waals surface area contributed by atoms with Gasteiger partial charge in [-0.05, 0) is 37.6 Å². The van der Waals surface area contributed by atoms with Gasteiger partial charge in [0.1, 0.15) is 5.75 Å². The molecule has 0 spiro atoms. The molecule has 3 heteroatoms. The highest BCUT2D eigenvalue weighted by atomic mass is 16.5. The first-order valence-corrected chi connectivity index (χ1v) is 5.76. The second-order valence-corrected chi connectivity index (χ2v) is 4.65. The van der Waals surface area contributed by atoms with Crippen LogP contribution in [0.15, 0.2) is 24.3 Å². The lowest BCUT2D eigenvalue weighted by Gasteiger charge is -2.23. The molecule has 1 aliphatic rings. The number of rotatable bonds is 5. The van der Waals surface area contributed by atoms with E-state index in [4.69, 9.17) is 10.5 Å². The average Bonchev–Trinajstić information content (AvgIpc) is 3.10. The summed E-state index contributed by atoms with van der Waals surface area (Å²) in [5.74, 6) is 0.883. The molecule has 0 amide bonds. The Bertz CT molecular complexity index is 361. The van der Waals surface area contributed by atoms with E-state index in [-0.39, 0.29) is 11.5 Å². The van der Waals surface area contributed by atoms with E-state index in [1.165, 1.54) is 18.4 Å². The minimum Gasteiger partial charge on any atom is -0.497 e. The second kappa shape index (κ2) is 4.44. The number of nitrogens with two attached hydrogens (primary N) is 1. The van der Waals surface area contributed by atoms with Gasteiger partial charge >= 0.3 is 0 Å². The highest BCUT2D eigenvalue weighted by Crippen LogP contribution is 2.53. The Morgan fingerprint density at radius 1 is 1.50 bits per heavy atom. The zero-order valence-corrected chi connectivity index (χ0v) is 9.99. The van der Waals surface area contributed by atoms with Gasteiger partial charge in [-0.3, -0.25) is 0 Å². The minimum absolute atomic E-state index is 0.107. The molecule has 1 unspecified atom stereocenters. The van der Waals surface area contributed by atoms with Gasteiger partial charge in [0.15, 0.2) is 0 Å². The number of hydrogen-bond donors (Lipinski definition) is 2. The highest BCUT2D eigenvalue weighted by molar-refractivity contribution is 5.32. The smallest absolute Gasteiger partial charge is 0.119 e. The van der Waals surface area contributed by atoms with Crippen LogP contribution in [0.5, 0.6) is 5.75 Å². The first kappa shape index (κ1) is 11.4. The topological polar surface area (TPSA) is 47.3 Å². The van der Waals surface area contributed by atoms with Crippen molar-refractivity contribution in [2.45, 2.75) is 18.9 Å². The van der Waals surface area contributed by atoms with Crippen LogP contribution in [0.4, 0.5) is 0 Å². The molecular weight excluding hydrogens is 200 g/mol. The monoisotopic (exact) mass is 220 g/mol. The SMILES string of the molecule is CNCC1(C(N)c2cccc(OC)c2)CC1. The predicted octanol–water partition coefficient (Wildman–Crippen LogP) is 1.69. The molecule has 3 nitrogen and oxygen atoms in total. The van der Waals surface area contributed by atoms with Crippen molar-refractivity contribution in [3.05, 3.63) is 29.8 Å². The molecule has 0 aliphatic heterocycles. The molecule has 0 aromatic heterocycles. The van der Waals surface area contributed by atoms with Crippen LogP contribution in [0, 0.1) is 5.41 Å². The first-order chi connectivity index (χ1) is 7.72. The molecule has 1 aromatic rings. The average molecular weight is 220 g/mol. The molecule has 0 heterocycles. The molecule has 1 atom stereocenters. The molecule has 0 bridgehead atoms. The third-order valence-corrected chi connectivity index (χ3v) is 3.53. The van der Waals surface area contributed by atoms with Gasteiger partial charge in [0.2, 0.25) is 0 Å². The van der Waals surface area contributed by atoms with Crippen molar-refractivity contribution >= 4 is 0 Å². The van der Waals surface area contributed by atoms with E-state index >= 15 is 0 Å². The third kappa shape index (κ3) is 2.06. The van der Waals surface area contributed by atoms with Crippen LogP contribution in [-0.2, 0) is 0 Å². The van der Waals surface area contributed by atoms with E-state index in [2.05, 4.69) is 11.4 Å². The van der Waals surface area contributed by atoms with Crippen molar-refractivity contribution in [1.82, 2.24) is 5.32 Å². The van der Waals surface area contributed by atoms with Gasteiger partial charge in [-0.15, -0.1) is 0 Å². The Morgan fingerprint density at radius 3 is 2.81 bits per heavy atom. The Labute approximate surface area is 97.0 Å². The van der Waals surface area contributed by atoms with Crippen LogP contribution < -0.4 is 15.8 Å². The fraction of sp³-hybridized carbons (Fsp3) is 0.538. The number of nitrogens with one attached hydrogen (secondary N) is 1. The Hall–Kier alpha value is -1.06. The molecule has 1 saturated carbocycles. The molecule has 16 heavy (non-hydrogen) atoms. The van der Waals surface area contributed by atoms with E-state index in [0.29, 0.717) is 0 Å². The van der Waals surface area contributed by atoms with Crippen molar-refractivity contribution in [1.29, 1.82) is 0 Å². The van der Waals surface area contributed by atoms with Gasteiger partial charge in [0.25, 0.3) is 0 Å². The Morgan fingerprint density at radius 2 is 2.25 bits per heavy atom. The van der Waals surface area contributed by atoms with E-state index < -0.39 is 0 Å². The van der Waals surface area contributed by atoms with Gasteiger partial charge in [-0.25, -0.2) is 0 Å². The van der Waals surface area contributed by atoms with Crippen molar-refractivity contribution in [2.24, 2.45) is 11.1 Å². The summed E-state index contributed by atoms with van der Waals surface area (Å²) in [5, 5.41) is 3.24. The summed E-state index contributed by atoms with van der Waals surface area (Å²) in [6.45, 7) is 0.991. The lowest BCUT2D eigenvalue weighted by Crippen LogP contribution is -2.31. The van der Waals surface area contributed by atoms with Crippen molar-refractivity contribution in [2.75, 3.05) is 20.7 Å². The summed E-state index contributed by atoms with van der Waals surface area (Å²) >= 11 is 0. The Balaban J connectivity index is 2.17. The van der Waals surface area contributed by atoms with Gasteiger partial charge in [-0.1, -0.05) is 12.1 Å². The zero-order valence-electron chi connectivity index (χ0n) is 9.99. The molecule has 1 fully saturated rings. The van der Waals surface area contributed by atoms with Crippen LogP contribution in [0.3, 0.4) is 0 Å². The summed E-state index contributed by atoms with van der Waals surface area (Å²) < 4.78 is 5.23. The quantitative estimate of drug-likeness (QED) is 0.794. The summed E-state index contributed by atoms with van der Waals surface area (Å²) in [5.41, 5.74) is 7.79. The lowest BCUT2D eigenvalue weighted by molar-refractivity contribution is 0.387. The predicted molar refractivity (Wildman–Crippen MR) is 65.5 cm³/mol. The van der Waals surface area contributed by atoms with Crippen molar-refractivity contribution in [3.8, 4) is 5.75 Å². The van der Waals surface area contributed by atoms with Crippen molar-refractivity contribution in [3.63, 3.8) is 0 Å². The lowest BCUT2D eigenvalue weighted by atomic mass is 9.90. The highest BCUT2D eigenvalue weighted by Gasteiger charge is 2.47. The van der Waals surface area contributed by atoms with Crippen molar-refractivity contribution < 1.29 is 4.74 Å². The molecule has 88 valence electrons. The first-order valence-electron chi connectivity index (χ1n) is 5.76. The minimum atomic E-state index is 0.107. The molecule has 1 aliphatic carbocycles. The standard InChI is InChI=1S/C13H20N2O/c1-15-9-13(6-7-13)12(14)10-4-3-5-11(8-10)16-2/h3-5,8,12,15H,6-7,9,14H2,1-2H3. The zero-order chi connectivity index (χ0) is 11.6. The molecule has 2 rings (SSSR count). The summed E-state index contributed by atoms with van der Waals surface area (Å²) in [4.78, 5) is 0.